The molecule has 2 aromatic rings. The summed E-state index contributed by atoms with van der Waals surface area (Å²) in [5, 5.41) is 6.67. The lowest BCUT2D eigenvalue weighted by Crippen LogP contribution is -2.38. The number of hydrogen-bond acceptors (Lipinski definition) is 4. The van der Waals surface area contributed by atoms with E-state index >= 15 is 0 Å². The number of aryl methyl sites for hydroxylation is 2. The molecule has 1 aliphatic heterocycles. The van der Waals surface area contributed by atoms with Crippen LogP contribution in [0.5, 0.6) is 0 Å². The van der Waals surface area contributed by atoms with E-state index in [1.54, 1.807) is 36.9 Å². The molecular formula is C18H23FN4O3S. The second-order valence-electron chi connectivity index (χ2n) is 6.67. The molecule has 9 heteroatoms. The molecule has 0 radical (unpaired) electrons. The summed E-state index contributed by atoms with van der Waals surface area (Å²) in [6.45, 7) is 4.59. The van der Waals surface area contributed by atoms with Gasteiger partial charge in [0.05, 0.1) is 17.8 Å². The molecule has 0 aliphatic carbocycles. The Bertz CT molecular complexity index is 922. The molecule has 1 aliphatic rings. The van der Waals surface area contributed by atoms with Gasteiger partial charge in [0.15, 0.2) is 0 Å². The quantitative estimate of drug-likeness (QED) is 0.854. The van der Waals surface area contributed by atoms with Crippen LogP contribution in [0.25, 0.3) is 0 Å². The highest BCUT2D eigenvalue weighted by Crippen LogP contribution is 2.23. The minimum absolute atomic E-state index is 0.0284. The van der Waals surface area contributed by atoms with Gasteiger partial charge in [0.1, 0.15) is 10.7 Å². The van der Waals surface area contributed by atoms with Crippen molar-refractivity contribution in [3.63, 3.8) is 0 Å². The molecular weight excluding hydrogens is 371 g/mol. The number of rotatable bonds is 4. The van der Waals surface area contributed by atoms with Crippen molar-refractivity contribution in [3.05, 3.63) is 47.0 Å². The van der Waals surface area contributed by atoms with Crippen LogP contribution in [-0.4, -0.2) is 59.9 Å². The van der Waals surface area contributed by atoms with Crippen molar-refractivity contribution < 1.29 is 17.6 Å². The van der Waals surface area contributed by atoms with E-state index in [9.17, 15) is 17.6 Å². The fourth-order valence-electron chi connectivity index (χ4n) is 3.35. The lowest BCUT2D eigenvalue weighted by Gasteiger charge is -2.22. The Balaban J connectivity index is 1.70. The highest BCUT2D eigenvalue weighted by atomic mass is 32.2. The van der Waals surface area contributed by atoms with Crippen molar-refractivity contribution in [2.45, 2.75) is 31.6 Å². The summed E-state index contributed by atoms with van der Waals surface area (Å²) in [6.07, 6.45) is 0.498. The predicted molar refractivity (Wildman–Crippen MR) is 98.1 cm³/mol. The minimum Gasteiger partial charge on any atom is -0.341 e. The first kappa shape index (κ1) is 19.5. The Labute approximate surface area is 158 Å². The summed E-state index contributed by atoms with van der Waals surface area (Å²) in [7, 11) is -3.68. The first-order valence-electron chi connectivity index (χ1n) is 8.83. The maximum atomic E-state index is 13.8. The molecule has 27 heavy (non-hydrogen) atoms. The molecule has 1 amide bonds. The van der Waals surface area contributed by atoms with Crippen LogP contribution in [0.15, 0.2) is 29.2 Å². The monoisotopic (exact) mass is 394 g/mol. The van der Waals surface area contributed by atoms with E-state index in [-0.39, 0.29) is 30.3 Å². The lowest BCUT2D eigenvalue weighted by molar-refractivity contribution is -0.130. The fraction of sp³-hybridized carbons (Fsp3) is 0.444. The van der Waals surface area contributed by atoms with Gasteiger partial charge in [0.25, 0.3) is 0 Å². The van der Waals surface area contributed by atoms with Gasteiger partial charge in [-0.3, -0.25) is 9.89 Å². The minimum atomic E-state index is -3.68. The van der Waals surface area contributed by atoms with Crippen molar-refractivity contribution in [3.8, 4) is 0 Å². The predicted octanol–water partition coefficient (Wildman–Crippen LogP) is 1.63. The van der Waals surface area contributed by atoms with Crippen LogP contribution >= 0.6 is 0 Å². The van der Waals surface area contributed by atoms with E-state index in [1.165, 1.54) is 10.4 Å². The summed E-state index contributed by atoms with van der Waals surface area (Å²) in [5.41, 5.74) is 1.29. The Morgan fingerprint density at radius 1 is 1.19 bits per heavy atom. The number of benzene rings is 1. The molecule has 7 nitrogen and oxygen atoms in total. The van der Waals surface area contributed by atoms with Gasteiger partial charge in [-0.25, -0.2) is 12.8 Å². The molecule has 2 heterocycles. The summed E-state index contributed by atoms with van der Waals surface area (Å²) in [6, 6.07) is 6.19. The van der Waals surface area contributed by atoms with Crippen molar-refractivity contribution >= 4 is 15.9 Å². The van der Waals surface area contributed by atoms with Crippen molar-refractivity contribution in [2.75, 3.05) is 26.2 Å². The van der Waals surface area contributed by atoms with Crippen LogP contribution in [-0.2, 0) is 21.2 Å². The number of sulfonamides is 1. The number of hydrogen-bond donors (Lipinski definition) is 1. The smallest absolute Gasteiger partial charge is 0.246 e. The molecule has 1 aromatic carbocycles. The second kappa shape index (κ2) is 7.77. The topological polar surface area (TPSA) is 86.4 Å². The van der Waals surface area contributed by atoms with E-state index in [4.69, 9.17) is 0 Å². The van der Waals surface area contributed by atoms with E-state index in [0.29, 0.717) is 36.5 Å². The average molecular weight is 394 g/mol. The third-order valence-electron chi connectivity index (χ3n) is 4.77. The number of amides is 1. The van der Waals surface area contributed by atoms with Crippen molar-refractivity contribution in [1.82, 2.24) is 19.4 Å². The van der Waals surface area contributed by atoms with Gasteiger partial charge in [-0.1, -0.05) is 18.2 Å². The van der Waals surface area contributed by atoms with Crippen LogP contribution in [0.1, 0.15) is 23.4 Å². The average Bonchev–Trinajstić information content (AvgIpc) is 2.83. The zero-order chi connectivity index (χ0) is 19.6. The van der Waals surface area contributed by atoms with E-state index in [1.807, 2.05) is 0 Å². The third kappa shape index (κ3) is 4.03. The molecule has 3 rings (SSSR count). The number of aromatic amines is 1. The SMILES string of the molecule is Cc1n[nH]c(C)c1S(=O)(=O)N1CCCN(C(=O)Cc2ccccc2F)CC1. The van der Waals surface area contributed by atoms with E-state index < -0.39 is 15.8 Å². The molecule has 1 aromatic heterocycles. The maximum absolute atomic E-state index is 13.8. The first-order valence-corrected chi connectivity index (χ1v) is 10.3. The number of nitrogens with one attached hydrogen (secondary N) is 1. The van der Waals surface area contributed by atoms with Crippen LogP contribution in [0.2, 0.25) is 0 Å². The van der Waals surface area contributed by atoms with Gasteiger partial charge in [0, 0.05) is 26.2 Å². The van der Waals surface area contributed by atoms with Gasteiger partial charge in [-0.2, -0.15) is 9.40 Å². The van der Waals surface area contributed by atoms with Crippen molar-refractivity contribution in [2.24, 2.45) is 0 Å². The molecule has 146 valence electrons. The first-order chi connectivity index (χ1) is 12.8. The van der Waals surface area contributed by atoms with Crippen LogP contribution in [0, 0.1) is 19.7 Å². The number of aromatic nitrogens is 2. The summed E-state index contributed by atoms with van der Waals surface area (Å²) in [4.78, 5) is 14.4. The Kier molecular flexibility index (Phi) is 5.61. The zero-order valence-electron chi connectivity index (χ0n) is 15.4. The molecule has 0 atom stereocenters. The highest BCUT2D eigenvalue weighted by molar-refractivity contribution is 7.89. The Hall–Kier alpha value is -2.26. The molecule has 0 bridgehead atoms. The number of carbonyl (C=O) groups excluding carboxylic acids is 1. The molecule has 0 spiro atoms. The van der Waals surface area contributed by atoms with Gasteiger partial charge in [0.2, 0.25) is 15.9 Å². The van der Waals surface area contributed by atoms with E-state index in [2.05, 4.69) is 10.2 Å². The standard InChI is InChI=1S/C18H23FN4O3S/c1-13-18(14(2)21-20-13)27(25,26)23-9-5-8-22(10-11-23)17(24)12-15-6-3-4-7-16(15)19/h3-4,6-7H,5,8-12H2,1-2H3,(H,20,21). The van der Waals surface area contributed by atoms with Crippen LogP contribution < -0.4 is 0 Å². The number of carbonyl (C=O) groups is 1. The molecule has 0 saturated carbocycles. The van der Waals surface area contributed by atoms with Crippen molar-refractivity contribution in [1.29, 1.82) is 0 Å². The molecule has 1 N–H and O–H groups in total. The summed E-state index contributed by atoms with van der Waals surface area (Å²) < 4.78 is 41.1. The van der Waals surface area contributed by atoms with Crippen LogP contribution in [0.3, 0.4) is 0 Å². The van der Waals surface area contributed by atoms with Gasteiger partial charge in [-0.15, -0.1) is 0 Å². The number of H-pyrrole nitrogens is 1. The third-order valence-corrected chi connectivity index (χ3v) is 6.93. The molecule has 1 fully saturated rings. The zero-order valence-corrected chi connectivity index (χ0v) is 16.2. The number of nitrogens with zero attached hydrogens (tertiary/aromatic N) is 3. The lowest BCUT2D eigenvalue weighted by atomic mass is 10.1. The summed E-state index contributed by atoms with van der Waals surface area (Å²) in [5.74, 6) is -0.606. The largest absolute Gasteiger partial charge is 0.341 e. The summed E-state index contributed by atoms with van der Waals surface area (Å²) >= 11 is 0. The Morgan fingerprint density at radius 3 is 2.59 bits per heavy atom. The molecule has 0 unspecified atom stereocenters. The highest BCUT2D eigenvalue weighted by Gasteiger charge is 2.31. The molecule has 1 saturated heterocycles. The van der Waals surface area contributed by atoms with Gasteiger partial charge >= 0.3 is 0 Å². The fourth-order valence-corrected chi connectivity index (χ4v) is 5.15. The van der Waals surface area contributed by atoms with Gasteiger partial charge < -0.3 is 4.90 Å². The van der Waals surface area contributed by atoms with Crippen LogP contribution in [0.4, 0.5) is 4.39 Å². The van der Waals surface area contributed by atoms with Gasteiger partial charge in [-0.05, 0) is 31.9 Å². The van der Waals surface area contributed by atoms with E-state index in [0.717, 1.165) is 0 Å². The number of halogens is 1. The normalized spacial score (nSPS) is 16.3. The Morgan fingerprint density at radius 2 is 1.93 bits per heavy atom. The second-order valence-corrected chi connectivity index (χ2v) is 8.54. The maximum Gasteiger partial charge on any atom is 0.246 e.